The van der Waals surface area contributed by atoms with Gasteiger partial charge in [-0.25, -0.2) is 8.78 Å². The van der Waals surface area contributed by atoms with Gasteiger partial charge in [-0.05, 0) is 51.3 Å². The van der Waals surface area contributed by atoms with Crippen molar-refractivity contribution in [2.24, 2.45) is 0 Å². The lowest BCUT2D eigenvalue weighted by atomic mass is 9.78. The smallest absolute Gasteiger partial charge is 0.399 e. The summed E-state index contributed by atoms with van der Waals surface area (Å²) >= 11 is 1.30. The molecular formula is C19H22BF2NO2S. The van der Waals surface area contributed by atoms with E-state index in [4.69, 9.17) is 9.31 Å². The molecule has 3 nitrogen and oxygen atoms in total. The quantitative estimate of drug-likeness (QED) is 0.613. The highest BCUT2D eigenvalue weighted by molar-refractivity contribution is 7.99. The predicted molar refractivity (Wildman–Crippen MR) is 103 cm³/mol. The summed E-state index contributed by atoms with van der Waals surface area (Å²) < 4.78 is 43.5. The molecule has 0 aliphatic carbocycles. The van der Waals surface area contributed by atoms with E-state index in [9.17, 15) is 8.78 Å². The van der Waals surface area contributed by atoms with Crippen LogP contribution in [0, 0.1) is 11.6 Å². The molecule has 7 heteroatoms. The van der Waals surface area contributed by atoms with Gasteiger partial charge in [-0.15, -0.1) is 0 Å². The Morgan fingerprint density at radius 3 is 2.15 bits per heavy atom. The van der Waals surface area contributed by atoms with Gasteiger partial charge in [0.25, 0.3) is 0 Å². The van der Waals surface area contributed by atoms with Gasteiger partial charge < -0.3 is 14.0 Å². The van der Waals surface area contributed by atoms with E-state index in [1.54, 1.807) is 0 Å². The van der Waals surface area contributed by atoms with E-state index in [0.29, 0.717) is 5.75 Å². The van der Waals surface area contributed by atoms with E-state index < -0.39 is 30.0 Å². The van der Waals surface area contributed by atoms with Crippen molar-refractivity contribution in [3.8, 4) is 0 Å². The molecule has 3 rings (SSSR count). The molecule has 2 aromatic rings. The molecule has 0 saturated carbocycles. The number of benzene rings is 2. The average molecular weight is 377 g/mol. The Labute approximate surface area is 157 Å². The standard InChI is InChI=1S/C19H22BF2NO2S/c1-18(2)19(3,4)25-20(24-18)14-10-11-15(17(22)16(14)21)23-26-12-13-8-6-5-7-9-13/h5-11,23H,12H2,1-4H3. The molecule has 1 saturated heterocycles. The molecule has 0 atom stereocenters. The molecular weight excluding hydrogens is 355 g/mol. The molecule has 138 valence electrons. The molecule has 0 spiro atoms. The minimum Gasteiger partial charge on any atom is -0.399 e. The van der Waals surface area contributed by atoms with Crippen LogP contribution in [0.15, 0.2) is 42.5 Å². The fourth-order valence-electron chi connectivity index (χ4n) is 2.57. The van der Waals surface area contributed by atoms with Crippen LogP contribution >= 0.6 is 11.9 Å². The largest absolute Gasteiger partial charge is 0.497 e. The SMILES string of the molecule is CC1(C)OB(c2ccc(NSCc3ccccc3)c(F)c2F)OC1(C)C. The molecule has 0 amide bonds. The van der Waals surface area contributed by atoms with Crippen LogP contribution < -0.4 is 10.2 Å². The lowest BCUT2D eigenvalue weighted by Crippen LogP contribution is -2.41. The first-order valence-electron chi connectivity index (χ1n) is 8.46. The molecule has 26 heavy (non-hydrogen) atoms. The molecule has 1 heterocycles. The van der Waals surface area contributed by atoms with Crippen LogP contribution in [0.4, 0.5) is 14.5 Å². The van der Waals surface area contributed by atoms with Gasteiger partial charge in [-0.1, -0.05) is 36.4 Å². The first-order valence-corrected chi connectivity index (χ1v) is 9.45. The summed E-state index contributed by atoms with van der Waals surface area (Å²) in [5.74, 6) is -1.24. The highest BCUT2D eigenvalue weighted by atomic mass is 32.2. The molecule has 1 aliphatic rings. The lowest BCUT2D eigenvalue weighted by molar-refractivity contribution is 0.00578. The first-order chi connectivity index (χ1) is 12.2. The van der Waals surface area contributed by atoms with Crippen LogP contribution in [-0.2, 0) is 15.1 Å². The fourth-order valence-corrected chi connectivity index (χ4v) is 3.31. The van der Waals surface area contributed by atoms with Crippen LogP contribution in [-0.4, -0.2) is 18.3 Å². The molecule has 1 N–H and O–H groups in total. The molecule has 1 fully saturated rings. The maximum Gasteiger partial charge on any atom is 0.497 e. The molecule has 2 aromatic carbocycles. The van der Waals surface area contributed by atoms with Crippen LogP contribution in [0.2, 0.25) is 0 Å². The van der Waals surface area contributed by atoms with Gasteiger partial charge in [0.1, 0.15) is 0 Å². The summed E-state index contributed by atoms with van der Waals surface area (Å²) in [5, 5.41) is 0. The summed E-state index contributed by atoms with van der Waals surface area (Å²) in [6.07, 6.45) is 0. The third-order valence-electron chi connectivity index (χ3n) is 4.88. The van der Waals surface area contributed by atoms with Crippen molar-refractivity contribution in [1.82, 2.24) is 0 Å². The summed E-state index contributed by atoms with van der Waals surface area (Å²) in [6, 6.07) is 12.8. The number of halogens is 2. The molecule has 1 aliphatic heterocycles. The Kier molecular flexibility index (Phi) is 5.33. The second-order valence-corrected chi connectivity index (χ2v) is 8.08. The van der Waals surface area contributed by atoms with Crippen molar-refractivity contribution >= 4 is 30.2 Å². The van der Waals surface area contributed by atoms with Crippen molar-refractivity contribution in [3.63, 3.8) is 0 Å². The van der Waals surface area contributed by atoms with Crippen molar-refractivity contribution in [2.45, 2.75) is 44.6 Å². The minimum atomic E-state index is -0.950. The molecule has 0 aromatic heterocycles. The van der Waals surface area contributed by atoms with Crippen molar-refractivity contribution in [1.29, 1.82) is 0 Å². The Morgan fingerprint density at radius 2 is 1.54 bits per heavy atom. The summed E-state index contributed by atoms with van der Waals surface area (Å²) in [4.78, 5) is 0. The van der Waals surface area contributed by atoms with Crippen molar-refractivity contribution < 1.29 is 18.1 Å². The lowest BCUT2D eigenvalue weighted by Gasteiger charge is -2.32. The number of hydrogen-bond donors (Lipinski definition) is 1. The maximum absolute atomic E-state index is 14.6. The number of rotatable bonds is 5. The Hall–Kier alpha value is -1.57. The van der Waals surface area contributed by atoms with Crippen molar-refractivity contribution in [2.75, 3.05) is 4.72 Å². The highest BCUT2D eigenvalue weighted by Crippen LogP contribution is 2.37. The third-order valence-corrected chi connectivity index (χ3v) is 5.73. The van der Waals surface area contributed by atoms with Crippen LogP contribution in [0.1, 0.15) is 33.3 Å². The van der Waals surface area contributed by atoms with Gasteiger partial charge in [0.05, 0.1) is 16.9 Å². The number of anilines is 1. The number of nitrogens with one attached hydrogen (secondary N) is 1. The highest BCUT2D eigenvalue weighted by Gasteiger charge is 2.52. The van der Waals surface area contributed by atoms with E-state index in [-0.39, 0.29) is 11.2 Å². The first kappa shape index (κ1) is 19.2. The molecule has 0 unspecified atom stereocenters. The number of hydrogen-bond acceptors (Lipinski definition) is 4. The summed E-state index contributed by atoms with van der Waals surface area (Å²) in [7, 11) is -0.930. The Balaban J connectivity index is 1.71. The van der Waals surface area contributed by atoms with Gasteiger partial charge in [-0.2, -0.15) is 0 Å². The topological polar surface area (TPSA) is 30.5 Å². The second-order valence-electron chi connectivity index (χ2n) is 7.29. The van der Waals surface area contributed by atoms with Crippen LogP contribution in [0.3, 0.4) is 0 Å². The minimum absolute atomic E-state index is 0.0692. The van der Waals surface area contributed by atoms with Crippen LogP contribution in [0.25, 0.3) is 0 Å². The Morgan fingerprint density at radius 1 is 0.923 bits per heavy atom. The van der Waals surface area contributed by atoms with Gasteiger partial charge in [-0.3, -0.25) is 0 Å². The van der Waals surface area contributed by atoms with E-state index in [1.807, 2.05) is 58.0 Å². The van der Waals surface area contributed by atoms with Gasteiger partial charge in [0.2, 0.25) is 0 Å². The van der Waals surface area contributed by atoms with E-state index in [2.05, 4.69) is 4.72 Å². The monoisotopic (exact) mass is 377 g/mol. The average Bonchev–Trinajstić information content (AvgIpc) is 2.80. The molecule has 0 bridgehead atoms. The normalized spacial score (nSPS) is 18.2. The van der Waals surface area contributed by atoms with E-state index in [0.717, 1.165) is 5.56 Å². The van der Waals surface area contributed by atoms with Gasteiger partial charge in [0.15, 0.2) is 11.6 Å². The zero-order chi connectivity index (χ0) is 18.9. The molecule has 0 radical (unpaired) electrons. The Bertz CT molecular complexity index is 771. The maximum atomic E-state index is 14.6. The summed E-state index contributed by atoms with van der Waals surface area (Å²) in [6.45, 7) is 7.49. The van der Waals surface area contributed by atoms with E-state index >= 15 is 0 Å². The predicted octanol–water partition coefficient (Wildman–Crippen LogP) is 4.52. The van der Waals surface area contributed by atoms with Crippen molar-refractivity contribution in [3.05, 3.63) is 59.7 Å². The fraction of sp³-hybridized carbons (Fsp3) is 0.368. The summed E-state index contributed by atoms with van der Waals surface area (Å²) in [5.41, 5.74) is 0.0506. The van der Waals surface area contributed by atoms with Crippen LogP contribution in [0.5, 0.6) is 0 Å². The van der Waals surface area contributed by atoms with E-state index in [1.165, 1.54) is 24.1 Å². The zero-order valence-electron chi connectivity index (χ0n) is 15.3. The third kappa shape index (κ3) is 3.75. The zero-order valence-corrected chi connectivity index (χ0v) is 16.1. The van der Waals surface area contributed by atoms with Gasteiger partial charge >= 0.3 is 7.12 Å². The second kappa shape index (κ2) is 7.21. The van der Waals surface area contributed by atoms with Gasteiger partial charge in [0, 0.05) is 11.2 Å².